The lowest BCUT2D eigenvalue weighted by Gasteiger charge is -2.11. The molecule has 2 heteroatoms. The summed E-state index contributed by atoms with van der Waals surface area (Å²) in [4.78, 5) is 10.8. The first kappa shape index (κ1) is 5.18. The third kappa shape index (κ3) is 0.704. The maximum Gasteiger partial charge on any atom is 0.184 e. The van der Waals surface area contributed by atoms with Crippen molar-refractivity contribution in [2.45, 2.75) is 25.0 Å². The first-order valence-corrected chi connectivity index (χ1v) is 3.24. The summed E-state index contributed by atoms with van der Waals surface area (Å²) in [6.45, 7) is 0. The lowest BCUT2D eigenvalue weighted by molar-refractivity contribution is -0.125. The van der Waals surface area contributed by atoms with Gasteiger partial charge in [0.25, 0.3) is 0 Å². The second-order valence-electron chi connectivity index (χ2n) is 2.50. The summed E-state index contributed by atoms with van der Waals surface area (Å²) in [7, 11) is 0. The number of rotatable bonds is 0. The summed E-state index contributed by atoms with van der Waals surface area (Å²) >= 11 is 0. The zero-order chi connectivity index (χ0) is 6.27. The van der Waals surface area contributed by atoms with Crippen LogP contribution in [0.4, 0.5) is 0 Å². The van der Waals surface area contributed by atoms with Gasteiger partial charge in [-0.15, -0.1) is 0 Å². The fourth-order valence-electron chi connectivity index (χ4n) is 1.32. The number of carbonyl (C=O) groups excluding carboxylic acids is 1. The van der Waals surface area contributed by atoms with E-state index in [1.807, 2.05) is 6.08 Å². The molecule has 2 nitrogen and oxygen atoms in total. The Morgan fingerprint density at radius 2 is 2.44 bits per heavy atom. The summed E-state index contributed by atoms with van der Waals surface area (Å²) in [6, 6.07) is 0. The molecule has 1 fully saturated rings. The van der Waals surface area contributed by atoms with Gasteiger partial charge in [0.2, 0.25) is 0 Å². The Balaban J connectivity index is 2.29. The van der Waals surface area contributed by atoms with Gasteiger partial charge < -0.3 is 4.74 Å². The Kier molecular flexibility index (Phi) is 0.963. The van der Waals surface area contributed by atoms with Crippen LogP contribution in [-0.4, -0.2) is 18.0 Å². The average molecular weight is 124 g/mol. The fraction of sp³-hybridized carbons (Fsp3) is 0.571. The topological polar surface area (TPSA) is 26.3 Å². The van der Waals surface area contributed by atoms with E-state index in [-0.39, 0.29) is 18.0 Å². The molecule has 9 heavy (non-hydrogen) atoms. The van der Waals surface area contributed by atoms with Gasteiger partial charge in [-0.2, -0.15) is 0 Å². The first-order valence-electron chi connectivity index (χ1n) is 3.24. The minimum atomic E-state index is -0.0972. The lowest BCUT2D eigenvalue weighted by Crippen LogP contribution is -2.22. The molecule has 2 rings (SSSR count). The van der Waals surface area contributed by atoms with E-state index in [2.05, 4.69) is 0 Å². The van der Waals surface area contributed by atoms with Crippen molar-refractivity contribution in [3.63, 3.8) is 0 Å². The molecule has 0 spiro atoms. The minimum Gasteiger partial charge on any atom is -0.363 e. The second kappa shape index (κ2) is 1.67. The molecule has 2 aliphatic heterocycles. The fourth-order valence-corrected chi connectivity index (χ4v) is 1.32. The van der Waals surface area contributed by atoms with Crippen molar-refractivity contribution >= 4 is 5.78 Å². The maximum atomic E-state index is 10.8. The molecular formula is C7H8O2. The average Bonchev–Trinajstić information content (AvgIpc) is 2.25. The zero-order valence-electron chi connectivity index (χ0n) is 5.04. The number of fused-ring (bicyclic) bond motifs is 2. The summed E-state index contributed by atoms with van der Waals surface area (Å²) in [6.07, 6.45) is 5.58. The van der Waals surface area contributed by atoms with Gasteiger partial charge in [-0.1, -0.05) is 6.08 Å². The van der Waals surface area contributed by atoms with Crippen LogP contribution < -0.4 is 0 Å². The van der Waals surface area contributed by atoms with Crippen LogP contribution in [0.5, 0.6) is 0 Å². The Morgan fingerprint density at radius 3 is 3.22 bits per heavy atom. The van der Waals surface area contributed by atoms with Gasteiger partial charge in [-0.3, -0.25) is 4.79 Å². The van der Waals surface area contributed by atoms with Gasteiger partial charge in [-0.05, 0) is 18.9 Å². The normalized spacial score (nSPS) is 39.8. The molecule has 0 aliphatic carbocycles. The molecule has 0 amide bonds. The van der Waals surface area contributed by atoms with E-state index in [4.69, 9.17) is 4.74 Å². The molecular weight excluding hydrogens is 116 g/mol. The van der Waals surface area contributed by atoms with Crippen LogP contribution in [0.2, 0.25) is 0 Å². The van der Waals surface area contributed by atoms with Crippen LogP contribution in [0, 0.1) is 0 Å². The molecule has 0 aromatic rings. The van der Waals surface area contributed by atoms with Crippen LogP contribution in [0.3, 0.4) is 0 Å². The summed E-state index contributed by atoms with van der Waals surface area (Å²) < 4.78 is 5.27. The van der Waals surface area contributed by atoms with E-state index >= 15 is 0 Å². The van der Waals surface area contributed by atoms with Crippen molar-refractivity contribution in [2.24, 2.45) is 0 Å². The molecule has 0 saturated carbocycles. The van der Waals surface area contributed by atoms with Crippen molar-refractivity contribution in [1.29, 1.82) is 0 Å². The van der Waals surface area contributed by atoms with Gasteiger partial charge >= 0.3 is 0 Å². The van der Waals surface area contributed by atoms with E-state index in [0.29, 0.717) is 0 Å². The number of ketones is 1. The van der Waals surface area contributed by atoms with Crippen LogP contribution in [0.1, 0.15) is 12.8 Å². The van der Waals surface area contributed by atoms with Crippen molar-refractivity contribution in [1.82, 2.24) is 0 Å². The number of ether oxygens (including phenoxy) is 1. The van der Waals surface area contributed by atoms with Gasteiger partial charge in [0.15, 0.2) is 5.78 Å². The Bertz CT molecular complexity index is 172. The molecule has 48 valence electrons. The third-order valence-electron chi connectivity index (χ3n) is 1.84. The van der Waals surface area contributed by atoms with Crippen molar-refractivity contribution in [3.8, 4) is 0 Å². The minimum absolute atomic E-state index is 0.0972. The monoisotopic (exact) mass is 124 g/mol. The van der Waals surface area contributed by atoms with Gasteiger partial charge in [0.05, 0.1) is 6.10 Å². The quantitative estimate of drug-likeness (QED) is 0.474. The van der Waals surface area contributed by atoms with Gasteiger partial charge in [0.1, 0.15) is 6.10 Å². The highest BCUT2D eigenvalue weighted by Crippen LogP contribution is 2.25. The highest BCUT2D eigenvalue weighted by Gasteiger charge is 2.31. The predicted molar refractivity (Wildman–Crippen MR) is 32.0 cm³/mol. The first-order chi connectivity index (χ1) is 4.36. The van der Waals surface area contributed by atoms with Crippen LogP contribution in [-0.2, 0) is 9.53 Å². The summed E-state index contributed by atoms with van der Waals surface area (Å²) in [5.74, 6) is 0.142. The molecule has 2 atom stereocenters. The van der Waals surface area contributed by atoms with E-state index in [9.17, 15) is 4.79 Å². The molecule has 0 aromatic heterocycles. The molecule has 1 saturated heterocycles. The lowest BCUT2D eigenvalue weighted by atomic mass is 10.2. The molecule has 0 N–H and O–H groups in total. The summed E-state index contributed by atoms with van der Waals surface area (Å²) in [5.41, 5.74) is 0. The number of hydrogen-bond acceptors (Lipinski definition) is 2. The Hall–Kier alpha value is -0.630. The van der Waals surface area contributed by atoms with Gasteiger partial charge in [0, 0.05) is 0 Å². The van der Waals surface area contributed by atoms with E-state index in [0.717, 1.165) is 12.8 Å². The molecule has 2 aliphatic rings. The largest absolute Gasteiger partial charge is 0.363 e. The highest BCUT2D eigenvalue weighted by molar-refractivity contribution is 5.94. The standard InChI is InChI=1S/C7H8O2/c8-6-3-1-5-2-4-7(6)9-5/h1,3,5,7H,2,4H2/t5-,7-/m0/s1. The van der Waals surface area contributed by atoms with Crippen LogP contribution in [0.15, 0.2) is 12.2 Å². The molecule has 0 unspecified atom stereocenters. The van der Waals surface area contributed by atoms with E-state index in [1.54, 1.807) is 6.08 Å². The molecule has 2 heterocycles. The van der Waals surface area contributed by atoms with E-state index < -0.39 is 0 Å². The predicted octanol–water partition coefficient (Wildman–Crippen LogP) is 0.673. The molecule has 0 aromatic carbocycles. The third-order valence-corrected chi connectivity index (χ3v) is 1.84. The zero-order valence-corrected chi connectivity index (χ0v) is 5.04. The Morgan fingerprint density at radius 1 is 1.56 bits per heavy atom. The van der Waals surface area contributed by atoms with Crippen molar-refractivity contribution in [3.05, 3.63) is 12.2 Å². The number of hydrogen-bond donors (Lipinski definition) is 0. The SMILES string of the molecule is O=C1C=C[C@H]2CC[C@@H]1O2. The van der Waals surface area contributed by atoms with Gasteiger partial charge in [-0.25, -0.2) is 0 Å². The molecule has 2 bridgehead atoms. The second-order valence-corrected chi connectivity index (χ2v) is 2.50. The smallest absolute Gasteiger partial charge is 0.184 e. The maximum absolute atomic E-state index is 10.8. The van der Waals surface area contributed by atoms with E-state index in [1.165, 1.54) is 0 Å². The van der Waals surface area contributed by atoms with Crippen LogP contribution >= 0.6 is 0 Å². The Labute approximate surface area is 53.5 Å². The van der Waals surface area contributed by atoms with Crippen molar-refractivity contribution in [2.75, 3.05) is 0 Å². The number of carbonyl (C=O) groups is 1. The summed E-state index contributed by atoms with van der Waals surface area (Å²) in [5, 5.41) is 0. The highest BCUT2D eigenvalue weighted by atomic mass is 16.5. The van der Waals surface area contributed by atoms with Crippen LogP contribution in [0.25, 0.3) is 0 Å². The van der Waals surface area contributed by atoms with Crippen molar-refractivity contribution < 1.29 is 9.53 Å². The molecule has 0 radical (unpaired) electrons.